The van der Waals surface area contributed by atoms with Crippen LogP contribution in [0.15, 0.2) is 42.0 Å². The molecule has 0 aliphatic carbocycles. The third-order valence-electron chi connectivity index (χ3n) is 6.47. The van der Waals surface area contributed by atoms with Crippen molar-refractivity contribution in [3.05, 3.63) is 58.7 Å². The van der Waals surface area contributed by atoms with E-state index in [1.165, 1.54) is 6.07 Å². The minimum atomic E-state index is -4.53. The number of rotatable bonds is 9. The molecule has 2 aromatic carbocycles. The van der Waals surface area contributed by atoms with Gasteiger partial charge in [0.1, 0.15) is 30.5 Å². The number of aliphatic carboxylic acids is 1. The Hall–Kier alpha value is -2.91. The Bertz CT molecular complexity index is 1140. The monoisotopic (exact) mass is 571 g/mol. The fourth-order valence-corrected chi connectivity index (χ4v) is 4.67. The van der Waals surface area contributed by atoms with Crippen molar-refractivity contribution in [3.8, 4) is 17.2 Å². The van der Waals surface area contributed by atoms with Crippen molar-refractivity contribution in [2.45, 2.75) is 59.4 Å². The molecule has 2 heterocycles. The third-order valence-corrected chi connectivity index (χ3v) is 6.47. The molecule has 39 heavy (non-hydrogen) atoms. The molecule has 0 radical (unpaired) electrons. The number of carbonyl (C=O) groups is 1. The SMILES string of the molecule is C.CC(C)Oc1ccc(COc2ccc3c(c2)OCC(CN2CCC(CC(=O)O)CC2)=C3)cc1C(F)(F)F.Cl. The van der Waals surface area contributed by atoms with Crippen LogP contribution in [0.4, 0.5) is 13.2 Å². The fourth-order valence-electron chi connectivity index (χ4n) is 4.67. The van der Waals surface area contributed by atoms with Crippen LogP contribution in [0, 0.1) is 5.92 Å². The minimum absolute atomic E-state index is 0. The van der Waals surface area contributed by atoms with Crippen molar-refractivity contribution in [1.82, 2.24) is 4.90 Å². The van der Waals surface area contributed by atoms with Gasteiger partial charge in [-0.25, -0.2) is 0 Å². The van der Waals surface area contributed by atoms with Gasteiger partial charge in [0.25, 0.3) is 0 Å². The van der Waals surface area contributed by atoms with Crippen LogP contribution in [-0.2, 0) is 17.6 Å². The number of piperidine rings is 1. The molecule has 0 saturated carbocycles. The van der Waals surface area contributed by atoms with E-state index >= 15 is 0 Å². The summed E-state index contributed by atoms with van der Waals surface area (Å²) in [5, 5.41) is 8.98. The van der Waals surface area contributed by atoms with Crippen LogP contribution in [0.5, 0.6) is 17.2 Å². The first-order valence-electron chi connectivity index (χ1n) is 12.5. The van der Waals surface area contributed by atoms with Gasteiger partial charge in [-0.05, 0) is 87.2 Å². The predicted octanol–water partition coefficient (Wildman–Crippen LogP) is 7.09. The van der Waals surface area contributed by atoms with E-state index in [0.29, 0.717) is 23.7 Å². The zero-order valence-electron chi connectivity index (χ0n) is 21.4. The molecule has 2 aromatic rings. The maximum Gasteiger partial charge on any atom is 0.419 e. The lowest BCUT2D eigenvalue weighted by molar-refractivity contribution is -0.139. The summed E-state index contributed by atoms with van der Waals surface area (Å²) in [5.74, 6) is 0.490. The highest BCUT2D eigenvalue weighted by molar-refractivity contribution is 5.85. The third kappa shape index (κ3) is 9.07. The number of carboxylic acid groups (broad SMARTS) is 1. The normalized spacial score (nSPS) is 15.8. The van der Waals surface area contributed by atoms with Crippen molar-refractivity contribution in [3.63, 3.8) is 0 Å². The summed E-state index contributed by atoms with van der Waals surface area (Å²) in [7, 11) is 0. The van der Waals surface area contributed by atoms with Crippen molar-refractivity contribution in [2.24, 2.45) is 5.92 Å². The van der Waals surface area contributed by atoms with E-state index in [9.17, 15) is 18.0 Å². The van der Waals surface area contributed by atoms with Crippen molar-refractivity contribution in [1.29, 1.82) is 0 Å². The molecule has 1 saturated heterocycles. The summed E-state index contributed by atoms with van der Waals surface area (Å²) in [6, 6.07) is 9.37. The Morgan fingerprint density at radius 2 is 1.87 bits per heavy atom. The summed E-state index contributed by atoms with van der Waals surface area (Å²) >= 11 is 0. The number of ether oxygens (including phenoxy) is 3. The smallest absolute Gasteiger partial charge is 0.419 e. The van der Waals surface area contributed by atoms with E-state index < -0.39 is 17.7 Å². The number of hydrogen-bond donors (Lipinski definition) is 1. The molecule has 216 valence electrons. The number of benzene rings is 2. The Morgan fingerprint density at radius 1 is 1.15 bits per heavy atom. The summed E-state index contributed by atoms with van der Waals surface area (Å²) in [6.07, 6.45) is -0.804. The van der Waals surface area contributed by atoms with Crippen LogP contribution in [0.3, 0.4) is 0 Å². The van der Waals surface area contributed by atoms with Gasteiger partial charge in [-0.3, -0.25) is 9.69 Å². The Morgan fingerprint density at radius 3 is 2.51 bits per heavy atom. The number of carboxylic acids is 1. The zero-order valence-corrected chi connectivity index (χ0v) is 22.2. The quantitative estimate of drug-likeness (QED) is 0.346. The van der Waals surface area contributed by atoms with Crippen LogP contribution in [0.1, 0.15) is 57.2 Å². The summed E-state index contributed by atoms with van der Waals surface area (Å²) in [5.41, 5.74) is 1.63. The second-order valence-electron chi connectivity index (χ2n) is 9.89. The molecule has 6 nitrogen and oxygen atoms in total. The first-order chi connectivity index (χ1) is 17.6. The molecule has 0 atom stereocenters. The molecule has 0 bridgehead atoms. The van der Waals surface area contributed by atoms with Gasteiger partial charge in [-0.2, -0.15) is 13.2 Å². The maximum atomic E-state index is 13.5. The summed E-state index contributed by atoms with van der Waals surface area (Å²) in [6.45, 7) is 6.29. The van der Waals surface area contributed by atoms with Crippen LogP contribution in [0.2, 0.25) is 0 Å². The largest absolute Gasteiger partial charge is 0.490 e. The Balaban J connectivity index is 0.00000267. The van der Waals surface area contributed by atoms with Gasteiger partial charge in [0, 0.05) is 24.6 Å². The van der Waals surface area contributed by atoms with Crippen LogP contribution in [-0.4, -0.2) is 48.3 Å². The molecule has 1 fully saturated rings. The molecule has 0 spiro atoms. The van der Waals surface area contributed by atoms with Gasteiger partial charge in [-0.1, -0.05) is 13.5 Å². The second kappa shape index (κ2) is 13.9. The number of alkyl halides is 3. The van der Waals surface area contributed by atoms with E-state index in [1.54, 1.807) is 32.0 Å². The van der Waals surface area contributed by atoms with Gasteiger partial charge in [0.15, 0.2) is 0 Å². The van der Waals surface area contributed by atoms with Gasteiger partial charge in [0.05, 0.1) is 11.7 Å². The molecule has 2 aliphatic rings. The number of fused-ring (bicyclic) bond motifs is 1. The minimum Gasteiger partial charge on any atom is -0.490 e. The highest BCUT2D eigenvalue weighted by Crippen LogP contribution is 2.38. The first-order valence-corrected chi connectivity index (χ1v) is 12.5. The van der Waals surface area contributed by atoms with Gasteiger partial charge < -0.3 is 19.3 Å². The molecule has 2 aliphatic heterocycles. The standard InChI is InChI=1S/C28H32F3NO5.CH4.ClH/c1-18(2)37-25-6-3-20(12-24(25)28(29,30)31)16-35-23-5-4-22-11-21(17-36-26(22)14-23)15-32-9-7-19(8-10-32)13-27(33)34;;/h3-6,11-12,14,18-19H,7-10,13,15-17H2,1-2H3,(H,33,34);1H4;1H. The van der Waals surface area contributed by atoms with Crippen molar-refractivity contribution >= 4 is 24.5 Å². The molecule has 4 rings (SSSR count). The van der Waals surface area contributed by atoms with Crippen LogP contribution in [0.25, 0.3) is 6.08 Å². The number of halogens is 4. The maximum absolute atomic E-state index is 13.5. The first kappa shape index (κ1) is 32.3. The fraction of sp³-hybridized carbons (Fsp3) is 0.483. The Labute approximate surface area is 234 Å². The van der Waals surface area contributed by atoms with E-state index in [4.69, 9.17) is 19.3 Å². The van der Waals surface area contributed by atoms with E-state index in [-0.39, 0.29) is 50.6 Å². The molecule has 0 aromatic heterocycles. The van der Waals surface area contributed by atoms with E-state index in [0.717, 1.165) is 49.7 Å². The number of nitrogens with zero attached hydrogens (tertiary/aromatic N) is 1. The lowest BCUT2D eigenvalue weighted by Gasteiger charge is -2.32. The highest BCUT2D eigenvalue weighted by Gasteiger charge is 2.35. The molecular formula is C29H37ClF3NO5. The molecule has 1 N–H and O–H groups in total. The molecule has 10 heteroatoms. The van der Waals surface area contributed by atoms with E-state index in [2.05, 4.69) is 11.0 Å². The second-order valence-corrected chi connectivity index (χ2v) is 9.89. The molecular weight excluding hydrogens is 535 g/mol. The summed E-state index contributed by atoms with van der Waals surface area (Å²) in [4.78, 5) is 13.2. The highest BCUT2D eigenvalue weighted by atomic mass is 35.5. The average Bonchev–Trinajstić information content (AvgIpc) is 2.83. The lowest BCUT2D eigenvalue weighted by atomic mass is 9.93. The van der Waals surface area contributed by atoms with Crippen molar-refractivity contribution in [2.75, 3.05) is 26.2 Å². The number of likely N-dealkylation sites (tertiary alicyclic amines) is 1. The molecule has 0 unspecified atom stereocenters. The Kier molecular flexibility index (Phi) is 11.5. The van der Waals surface area contributed by atoms with Gasteiger partial charge in [0.2, 0.25) is 0 Å². The average molecular weight is 572 g/mol. The molecule has 0 amide bonds. The lowest BCUT2D eigenvalue weighted by Crippen LogP contribution is -2.36. The van der Waals surface area contributed by atoms with Gasteiger partial charge >= 0.3 is 12.1 Å². The van der Waals surface area contributed by atoms with E-state index in [1.807, 2.05) is 6.07 Å². The van der Waals surface area contributed by atoms with Crippen LogP contribution >= 0.6 is 12.4 Å². The van der Waals surface area contributed by atoms with Crippen molar-refractivity contribution < 1.29 is 37.3 Å². The number of hydrogen-bond acceptors (Lipinski definition) is 5. The predicted molar refractivity (Wildman–Crippen MR) is 147 cm³/mol. The van der Waals surface area contributed by atoms with Gasteiger partial charge in [-0.15, -0.1) is 12.4 Å². The van der Waals surface area contributed by atoms with Crippen LogP contribution < -0.4 is 14.2 Å². The topological polar surface area (TPSA) is 68.2 Å². The summed E-state index contributed by atoms with van der Waals surface area (Å²) < 4.78 is 57.6. The zero-order chi connectivity index (χ0) is 26.6.